The zero-order valence-electron chi connectivity index (χ0n) is 10.6. The van der Waals surface area contributed by atoms with Gasteiger partial charge < -0.3 is 15.5 Å². The second-order valence-electron chi connectivity index (χ2n) is 4.42. The minimum absolute atomic E-state index is 0.280. The van der Waals surface area contributed by atoms with Crippen molar-refractivity contribution < 1.29 is 8.81 Å². The molecule has 1 heterocycles. The number of benzene rings is 2. The highest BCUT2D eigenvalue weighted by Crippen LogP contribution is 2.29. The van der Waals surface area contributed by atoms with Gasteiger partial charge in [0.25, 0.3) is 6.01 Å². The Labute approximate surface area is 122 Å². The molecule has 0 amide bonds. The molecule has 2 aromatic carbocycles. The van der Waals surface area contributed by atoms with Crippen molar-refractivity contribution in [2.45, 2.75) is 6.92 Å². The lowest BCUT2D eigenvalue weighted by atomic mass is 10.2. The lowest BCUT2D eigenvalue weighted by Crippen LogP contribution is -1.95. The van der Waals surface area contributed by atoms with E-state index in [1.807, 2.05) is 6.92 Å². The topological polar surface area (TPSA) is 64.1 Å². The average molecular weight is 336 g/mol. The van der Waals surface area contributed by atoms with Gasteiger partial charge in [0, 0.05) is 5.69 Å². The van der Waals surface area contributed by atoms with Crippen molar-refractivity contribution in [3.8, 4) is 0 Å². The molecule has 0 saturated heterocycles. The SMILES string of the molecule is Cc1cc(Br)c(F)cc1Nc1nc2c(N)cccc2o1. The predicted molar refractivity (Wildman–Crippen MR) is 80.5 cm³/mol. The van der Waals surface area contributed by atoms with Crippen molar-refractivity contribution in [3.63, 3.8) is 0 Å². The van der Waals surface area contributed by atoms with E-state index in [1.165, 1.54) is 6.07 Å². The highest BCUT2D eigenvalue weighted by molar-refractivity contribution is 9.10. The number of aryl methyl sites for hydroxylation is 1. The normalized spacial score (nSPS) is 10.9. The zero-order valence-corrected chi connectivity index (χ0v) is 12.2. The summed E-state index contributed by atoms with van der Waals surface area (Å²) in [5, 5.41) is 2.96. The summed E-state index contributed by atoms with van der Waals surface area (Å²) in [6, 6.07) is 8.67. The van der Waals surface area contributed by atoms with Crippen molar-refractivity contribution >= 4 is 44.4 Å². The van der Waals surface area contributed by atoms with Crippen LogP contribution in [0.1, 0.15) is 5.56 Å². The Morgan fingerprint density at radius 3 is 2.90 bits per heavy atom. The molecule has 3 rings (SSSR count). The van der Waals surface area contributed by atoms with Crippen LogP contribution in [-0.4, -0.2) is 4.98 Å². The molecule has 0 atom stereocenters. The second kappa shape index (κ2) is 4.79. The minimum Gasteiger partial charge on any atom is -0.423 e. The summed E-state index contributed by atoms with van der Waals surface area (Å²) in [5.74, 6) is -0.353. The summed E-state index contributed by atoms with van der Waals surface area (Å²) in [5.41, 5.74) is 9.00. The number of anilines is 3. The van der Waals surface area contributed by atoms with E-state index < -0.39 is 0 Å². The molecule has 1 aromatic heterocycles. The second-order valence-corrected chi connectivity index (χ2v) is 5.27. The summed E-state index contributed by atoms with van der Waals surface area (Å²) >= 11 is 3.14. The molecule has 0 aliphatic carbocycles. The van der Waals surface area contributed by atoms with Crippen LogP contribution in [-0.2, 0) is 0 Å². The number of nitrogens with two attached hydrogens (primary N) is 1. The smallest absolute Gasteiger partial charge is 0.300 e. The molecule has 0 fully saturated rings. The Morgan fingerprint density at radius 1 is 1.35 bits per heavy atom. The number of nitrogens with one attached hydrogen (secondary N) is 1. The van der Waals surface area contributed by atoms with Crippen molar-refractivity contribution in [2.24, 2.45) is 0 Å². The molecular formula is C14H11BrFN3O. The maximum atomic E-state index is 13.6. The third kappa shape index (κ3) is 2.22. The lowest BCUT2D eigenvalue weighted by Gasteiger charge is -2.07. The molecular weight excluding hydrogens is 325 g/mol. The first kappa shape index (κ1) is 12.9. The molecule has 0 bridgehead atoms. The van der Waals surface area contributed by atoms with E-state index in [0.717, 1.165) is 5.56 Å². The Balaban J connectivity index is 2.01. The van der Waals surface area contributed by atoms with Gasteiger partial charge in [0.15, 0.2) is 5.58 Å². The molecule has 20 heavy (non-hydrogen) atoms. The number of para-hydroxylation sites is 1. The molecule has 0 unspecified atom stereocenters. The monoisotopic (exact) mass is 335 g/mol. The number of hydrogen-bond donors (Lipinski definition) is 2. The van der Waals surface area contributed by atoms with Crippen molar-refractivity contribution in [3.05, 3.63) is 46.2 Å². The third-order valence-electron chi connectivity index (χ3n) is 2.96. The first-order chi connectivity index (χ1) is 9.54. The number of fused-ring (bicyclic) bond motifs is 1. The van der Waals surface area contributed by atoms with Crippen LogP contribution in [0.25, 0.3) is 11.1 Å². The fourth-order valence-electron chi connectivity index (χ4n) is 1.92. The van der Waals surface area contributed by atoms with Crippen LogP contribution in [0.2, 0.25) is 0 Å². The van der Waals surface area contributed by atoms with Gasteiger partial charge in [-0.3, -0.25) is 0 Å². The van der Waals surface area contributed by atoms with Gasteiger partial charge >= 0.3 is 0 Å². The van der Waals surface area contributed by atoms with Gasteiger partial charge in [-0.25, -0.2) is 4.39 Å². The molecule has 6 heteroatoms. The van der Waals surface area contributed by atoms with Crippen LogP contribution in [0.3, 0.4) is 0 Å². The fraction of sp³-hybridized carbons (Fsp3) is 0.0714. The van der Waals surface area contributed by atoms with E-state index in [2.05, 4.69) is 26.2 Å². The van der Waals surface area contributed by atoms with Gasteiger partial charge in [0.1, 0.15) is 11.3 Å². The summed E-state index contributed by atoms with van der Waals surface area (Å²) in [7, 11) is 0. The number of nitrogen functional groups attached to an aromatic ring is 1. The van der Waals surface area contributed by atoms with E-state index in [0.29, 0.717) is 26.9 Å². The third-order valence-corrected chi connectivity index (χ3v) is 3.57. The number of hydrogen-bond acceptors (Lipinski definition) is 4. The van der Waals surface area contributed by atoms with Crippen molar-refractivity contribution in [2.75, 3.05) is 11.1 Å². The molecule has 4 nitrogen and oxygen atoms in total. The van der Waals surface area contributed by atoms with Crippen LogP contribution >= 0.6 is 15.9 Å². The van der Waals surface area contributed by atoms with Gasteiger partial charge in [-0.15, -0.1) is 0 Å². The van der Waals surface area contributed by atoms with Crippen molar-refractivity contribution in [1.82, 2.24) is 4.98 Å². The van der Waals surface area contributed by atoms with Gasteiger partial charge in [-0.1, -0.05) is 6.07 Å². The molecule has 0 spiro atoms. The van der Waals surface area contributed by atoms with Gasteiger partial charge in [-0.05, 0) is 52.7 Å². The number of rotatable bonds is 2. The van der Waals surface area contributed by atoms with E-state index in [-0.39, 0.29) is 11.8 Å². The largest absolute Gasteiger partial charge is 0.423 e. The van der Waals surface area contributed by atoms with Gasteiger partial charge in [-0.2, -0.15) is 4.98 Å². The molecule has 0 radical (unpaired) electrons. The number of aromatic nitrogens is 1. The van der Waals surface area contributed by atoms with Crippen LogP contribution in [0, 0.1) is 12.7 Å². The minimum atomic E-state index is -0.353. The quantitative estimate of drug-likeness (QED) is 0.683. The maximum Gasteiger partial charge on any atom is 0.300 e. The first-order valence-corrected chi connectivity index (χ1v) is 6.71. The van der Waals surface area contributed by atoms with Crippen LogP contribution in [0.5, 0.6) is 0 Å². The summed E-state index contributed by atoms with van der Waals surface area (Å²) in [6.07, 6.45) is 0. The molecule has 0 aliphatic rings. The average Bonchev–Trinajstić information content (AvgIpc) is 2.80. The number of nitrogens with zero attached hydrogens (tertiary/aromatic N) is 1. The molecule has 0 aliphatic heterocycles. The Bertz CT molecular complexity index is 800. The Kier molecular flexibility index (Phi) is 3.10. The fourth-order valence-corrected chi connectivity index (χ4v) is 2.38. The highest BCUT2D eigenvalue weighted by atomic mass is 79.9. The first-order valence-electron chi connectivity index (χ1n) is 5.92. The lowest BCUT2D eigenvalue weighted by molar-refractivity contribution is 0.617. The molecule has 0 saturated carbocycles. The van der Waals surface area contributed by atoms with Crippen molar-refractivity contribution in [1.29, 1.82) is 0 Å². The summed E-state index contributed by atoms with van der Waals surface area (Å²) in [6.45, 7) is 1.86. The number of oxazole rings is 1. The van der Waals surface area contributed by atoms with E-state index in [4.69, 9.17) is 10.2 Å². The zero-order chi connectivity index (χ0) is 14.3. The summed E-state index contributed by atoms with van der Waals surface area (Å²) in [4.78, 5) is 4.26. The van der Waals surface area contributed by atoms with E-state index in [1.54, 1.807) is 24.3 Å². The molecule has 102 valence electrons. The van der Waals surface area contributed by atoms with Crippen LogP contribution in [0.15, 0.2) is 39.2 Å². The predicted octanol–water partition coefficient (Wildman–Crippen LogP) is 4.36. The summed E-state index contributed by atoms with van der Waals surface area (Å²) < 4.78 is 19.5. The Morgan fingerprint density at radius 2 is 2.15 bits per heavy atom. The van der Waals surface area contributed by atoms with Gasteiger partial charge in [0.05, 0.1) is 10.2 Å². The van der Waals surface area contributed by atoms with Gasteiger partial charge in [0.2, 0.25) is 0 Å². The molecule has 3 aromatic rings. The van der Waals surface area contributed by atoms with E-state index in [9.17, 15) is 4.39 Å². The van der Waals surface area contributed by atoms with E-state index >= 15 is 0 Å². The van der Waals surface area contributed by atoms with Crippen LogP contribution in [0.4, 0.5) is 21.8 Å². The standard InChI is InChI=1S/C14H11BrFN3O/c1-7-5-8(15)9(16)6-11(7)18-14-19-13-10(17)3-2-4-12(13)20-14/h2-6H,17H2,1H3,(H,18,19). The number of halogens is 2. The molecule has 3 N–H and O–H groups in total. The van der Waals surface area contributed by atoms with Crippen LogP contribution < -0.4 is 11.1 Å². The maximum absolute atomic E-state index is 13.6. The highest BCUT2D eigenvalue weighted by Gasteiger charge is 2.11. The Hall–Kier alpha value is -2.08.